The molecule has 3 heterocycles. The molecule has 2 amide bonds. The molecule has 0 bridgehead atoms. The maximum Gasteiger partial charge on any atom is 0.254 e. The first-order valence-corrected chi connectivity index (χ1v) is 13.5. The van der Waals surface area contributed by atoms with Crippen LogP contribution in [-0.4, -0.2) is 74.9 Å². The lowest BCUT2D eigenvalue weighted by Gasteiger charge is -2.31. The van der Waals surface area contributed by atoms with Crippen molar-refractivity contribution in [3.8, 4) is 0 Å². The molecule has 10 heteroatoms. The summed E-state index contributed by atoms with van der Waals surface area (Å²) in [6, 6.07) is 1.76. The van der Waals surface area contributed by atoms with E-state index < -0.39 is 10.0 Å². The minimum absolute atomic E-state index is 0.0680. The highest BCUT2D eigenvalue weighted by Gasteiger charge is 2.34. The molecule has 1 aliphatic carbocycles. The molecular formula is C21H31N3O5S2. The lowest BCUT2D eigenvalue weighted by molar-refractivity contribution is -0.127. The second-order valence-electron chi connectivity index (χ2n) is 8.58. The Labute approximate surface area is 188 Å². The van der Waals surface area contributed by atoms with Crippen LogP contribution < -0.4 is 5.32 Å². The SMILES string of the molecule is O=C(NC1CCCCC1)C1CCN(S(=O)(=O)c2cc(C(=O)N3CCOCC3)cs2)CC1. The smallest absolute Gasteiger partial charge is 0.254 e. The number of hydrogen-bond acceptors (Lipinski definition) is 6. The average molecular weight is 470 g/mol. The number of carbonyl (C=O) groups excluding carboxylic acids is 2. The van der Waals surface area contributed by atoms with Crippen LogP contribution in [0.5, 0.6) is 0 Å². The molecule has 31 heavy (non-hydrogen) atoms. The number of nitrogens with one attached hydrogen (secondary N) is 1. The predicted octanol–water partition coefficient (Wildman–Crippen LogP) is 2.07. The van der Waals surface area contributed by atoms with Crippen LogP contribution in [0.15, 0.2) is 15.7 Å². The van der Waals surface area contributed by atoms with E-state index >= 15 is 0 Å². The van der Waals surface area contributed by atoms with E-state index in [1.807, 2.05) is 0 Å². The van der Waals surface area contributed by atoms with Gasteiger partial charge in [-0.25, -0.2) is 8.42 Å². The van der Waals surface area contributed by atoms with Crippen molar-refractivity contribution in [2.75, 3.05) is 39.4 Å². The summed E-state index contributed by atoms with van der Waals surface area (Å²) in [6.07, 6.45) is 6.72. The molecule has 172 valence electrons. The second-order valence-corrected chi connectivity index (χ2v) is 11.7. The zero-order valence-corrected chi connectivity index (χ0v) is 19.4. The van der Waals surface area contributed by atoms with E-state index in [0.717, 1.165) is 24.2 Å². The van der Waals surface area contributed by atoms with Crippen molar-refractivity contribution >= 4 is 33.2 Å². The molecule has 1 N–H and O–H groups in total. The monoisotopic (exact) mass is 469 g/mol. The van der Waals surface area contributed by atoms with Crippen LogP contribution in [0.3, 0.4) is 0 Å². The zero-order chi connectivity index (χ0) is 21.8. The summed E-state index contributed by atoms with van der Waals surface area (Å²) in [7, 11) is -3.66. The number of thiophene rings is 1. The van der Waals surface area contributed by atoms with Crippen molar-refractivity contribution in [1.29, 1.82) is 0 Å². The Balaban J connectivity index is 1.33. The van der Waals surface area contributed by atoms with E-state index in [0.29, 0.717) is 57.8 Å². The summed E-state index contributed by atoms with van der Waals surface area (Å²) in [4.78, 5) is 26.9. The summed E-state index contributed by atoms with van der Waals surface area (Å²) in [5, 5.41) is 4.78. The fourth-order valence-corrected chi connectivity index (χ4v) is 7.34. The van der Waals surface area contributed by atoms with Crippen LogP contribution in [-0.2, 0) is 19.6 Å². The number of hydrogen-bond donors (Lipinski definition) is 1. The fourth-order valence-electron chi connectivity index (χ4n) is 4.56. The number of amides is 2. The van der Waals surface area contributed by atoms with Gasteiger partial charge in [0.25, 0.3) is 15.9 Å². The summed E-state index contributed by atoms with van der Waals surface area (Å²) in [6.45, 7) is 2.71. The number of carbonyl (C=O) groups is 2. The second kappa shape index (κ2) is 9.97. The molecule has 3 aliphatic rings. The van der Waals surface area contributed by atoms with Crippen LogP contribution in [0, 0.1) is 5.92 Å². The molecule has 0 unspecified atom stereocenters. The normalized spacial score (nSPS) is 22.4. The van der Waals surface area contributed by atoms with E-state index in [1.54, 1.807) is 10.3 Å². The molecule has 3 fully saturated rings. The van der Waals surface area contributed by atoms with Crippen molar-refractivity contribution < 1.29 is 22.7 Å². The van der Waals surface area contributed by atoms with Gasteiger partial charge in [0.1, 0.15) is 4.21 Å². The third kappa shape index (κ3) is 5.30. The number of nitrogens with zero attached hydrogens (tertiary/aromatic N) is 2. The third-order valence-corrected chi connectivity index (χ3v) is 9.80. The van der Waals surface area contributed by atoms with Gasteiger partial charge in [0, 0.05) is 43.5 Å². The third-order valence-electron chi connectivity index (χ3n) is 6.49. The summed E-state index contributed by atoms with van der Waals surface area (Å²) < 4.78 is 33.1. The van der Waals surface area contributed by atoms with Crippen molar-refractivity contribution in [3.63, 3.8) is 0 Å². The van der Waals surface area contributed by atoms with Gasteiger partial charge in [-0.2, -0.15) is 4.31 Å². The van der Waals surface area contributed by atoms with Gasteiger partial charge in [-0.1, -0.05) is 19.3 Å². The van der Waals surface area contributed by atoms with Crippen molar-refractivity contribution in [2.24, 2.45) is 5.92 Å². The van der Waals surface area contributed by atoms with E-state index in [1.165, 1.54) is 29.6 Å². The van der Waals surface area contributed by atoms with E-state index in [9.17, 15) is 18.0 Å². The first-order valence-electron chi connectivity index (χ1n) is 11.2. The van der Waals surface area contributed by atoms with Gasteiger partial charge in [0.2, 0.25) is 5.91 Å². The lowest BCUT2D eigenvalue weighted by Crippen LogP contribution is -2.45. The maximum absolute atomic E-state index is 13.1. The first kappa shape index (κ1) is 22.7. The molecule has 2 aliphatic heterocycles. The number of sulfonamides is 1. The summed E-state index contributed by atoms with van der Waals surface area (Å²) >= 11 is 1.09. The number of piperidine rings is 1. The molecule has 1 aromatic rings. The Bertz CT molecular complexity index is 881. The standard InChI is InChI=1S/C21H31N3O5S2/c25-20(22-18-4-2-1-3-5-18)16-6-8-24(9-7-16)31(27,28)19-14-17(15-30-19)21(26)23-10-12-29-13-11-23/h14-16,18H,1-13H2,(H,22,25). The molecule has 0 aromatic carbocycles. The minimum atomic E-state index is -3.66. The predicted molar refractivity (Wildman–Crippen MR) is 118 cm³/mol. The minimum Gasteiger partial charge on any atom is -0.378 e. The Kier molecular flexibility index (Phi) is 7.30. The molecule has 0 radical (unpaired) electrons. The number of morpholine rings is 1. The molecular weight excluding hydrogens is 438 g/mol. The molecule has 1 saturated carbocycles. The Hall–Kier alpha value is -1.49. The zero-order valence-electron chi connectivity index (χ0n) is 17.8. The molecule has 0 spiro atoms. The highest BCUT2D eigenvalue weighted by Crippen LogP contribution is 2.29. The number of ether oxygens (including phenoxy) is 1. The van der Waals surface area contributed by atoms with Crippen LogP contribution in [0.4, 0.5) is 0 Å². The Morgan fingerprint density at radius 2 is 1.68 bits per heavy atom. The summed E-state index contributed by atoms with van der Waals surface area (Å²) in [5.74, 6) is -0.215. The number of rotatable bonds is 5. The van der Waals surface area contributed by atoms with Crippen LogP contribution in [0.1, 0.15) is 55.3 Å². The van der Waals surface area contributed by atoms with Gasteiger partial charge in [-0.05, 0) is 31.7 Å². The van der Waals surface area contributed by atoms with E-state index in [2.05, 4.69) is 5.32 Å². The molecule has 1 aromatic heterocycles. The molecule has 8 nitrogen and oxygen atoms in total. The van der Waals surface area contributed by atoms with Crippen molar-refractivity contribution in [2.45, 2.75) is 55.2 Å². The van der Waals surface area contributed by atoms with Crippen molar-refractivity contribution in [3.05, 3.63) is 17.0 Å². The van der Waals surface area contributed by atoms with Crippen LogP contribution in [0.2, 0.25) is 0 Å². The molecule has 0 atom stereocenters. The van der Waals surface area contributed by atoms with Gasteiger partial charge in [-0.15, -0.1) is 11.3 Å². The largest absolute Gasteiger partial charge is 0.378 e. The Morgan fingerprint density at radius 1 is 1.00 bits per heavy atom. The highest BCUT2D eigenvalue weighted by atomic mass is 32.2. The molecule has 4 rings (SSSR count). The van der Waals surface area contributed by atoms with Gasteiger partial charge < -0.3 is 15.0 Å². The fraction of sp³-hybridized carbons (Fsp3) is 0.714. The first-order chi connectivity index (χ1) is 14.9. The Morgan fingerprint density at radius 3 is 2.35 bits per heavy atom. The lowest BCUT2D eigenvalue weighted by atomic mass is 9.93. The topological polar surface area (TPSA) is 96.0 Å². The van der Waals surface area contributed by atoms with Gasteiger partial charge in [0.05, 0.1) is 18.8 Å². The quantitative estimate of drug-likeness (QED) is 0.712. The van der Waals surface area contributed by atoms with E-state index in [-0.39, 0.29) is 28.0 Å². The maximum atomic E-state index is 13.1. The van der Waals surface area contributed by atoms with E-state index in [4.69, 9.17) is 4.74 Å². The molecule has 2 saturated heterocycles. The van der Waals surface area contributed by atoms with Gasteiger partial charge in [-0.3, -0.25) is 9.59 Å². The summed E-state index contributed by atoms with van der Waals surface area (Å²) in [5.41, 5.74) is 0.409. The highest BCUT2D eigenvalue weighted by molar-refractivity contribution is 7.91. The van der Waals surface area contributed by atoms with Crippen LogP contribution in [0.25, 0.3) is 0 Å². The van der Waals surface area contributed by atoms with Crippen molar-refractivity contribution in [1.82, 2.24) is 14.5 Å². The average Bonchev–Trinajstić information content (AvgIpc) is 3.31. The van der Waals surface area contributed by atoms with Crippen LogP contribution >= 0.6 is 11.3 Å². The van der Waals surface area contributed by atoms with Gasteiger partial charge in [0.15, 0.2) is 0 Å². The van der Waals surface area contributed by atoms with Gasteiger partial charge >= 0.3 is 0 Å².